The van der Waals surface area contributed by atoms with Crippen LogP contribution in [0.1, 0.15) is 13.8 Å². The van der Waals surface area contributed by atoms with Crippen LogP contribution in [0.15, 0.2) is 42.1 Å². The molecule has 0 spiro atoms. The number of allylic oxidation sites excluding steroid dienone is 1. The molecule has 0 atom stereocenters. The van der Waals surface area contributed by atoms with Crippen LogP contribution >= 0.6 is 0 Å². The van der Waals surface area contributed by atoms with Gasteiger partial charge in [-0.05, 0) is 32.1 Å². The molecule has 0 aliphatic carbocycles. The van der Waals surface area contributed by atoms with Crippen molar-refractivity contribution in [3.8, 4) is 0 Å². The van der Waals surface area contributed by atoms with Crippen LogP contribution in [-0.4, -0.2) is 40.0 Å². The normalized spacial score (nSPS) is 11.2. The first kappa shape index (κ1) is 20.5. The number of nitrogens with one attached hydrogen (secondary N) is 1. The molecule has 138 valence electrons. The number of rotatable bonds is 9. The van der Waals surface area contributed by atoms with E-state index in [0.717, 1.165) is 18.2 Å². The molecule has 1 amide bonds. The van der Waals surface area contributed by atoms with Crippen LogP contribution in [0.3, 0.4) is 0 Å². The van der Waals surface area contributed by atoms with Crippen molar-refractivity contribution in [3.05, 3.63) is 62.4 Å². The Kier molecular flexibility index (Phi) is 7.62. The van der Waals surface area contributed by atoms with Crippen molar-refractivity contribution in [2.24, 2.45) is 0 Å². The summed E-state index contributed by atoms with van der Waals surface area (Å²) in [6.45, 7) is 4.46. The van der Waals surface area contributed by atoms with E-state index in [1.165, 1.54) is 23.2 Å². The average molecular weight is 362 g/mol. The quantitative estimate of drug-likeness (QED) is 0.234. The molecule has 0 saturated heterocycles. The lowest BCUT2D eigenvalue weighted by molar-refractivity contribution is -0.393. The van der Waals surface area contributed by atoms with E-state index in [2.05, 4.69) is 5.32 Å². The Bertz CT molecular complexity index is 768. The summed E-state index contributed by atoms with van der Waals surface area (Å²) in [5.41, 5.74) is -0.852. The van der Waals surface area contributed by atoms with Gasteiger partial charge in [-0.25, -0.2) is 0 Å². The lowest BCUT2D eigenvalue weighted by atomic mass is 10.2. The molecule has 0 unspecified atom stereocenters. The van der Waals surface area contributed by atoms with Crippen LogP contribution in [-0.2, 0) is 9.59 Å². The minimum Gasteiger partial charge on any atom is -0.355 e. The largest absolute Gasteiger partial charge is 0.355 e. The maximum atomic E-state index is 12.4. The minimum absolute atomic E-state index is 0.0232. The standard InChI is InChI=1S/C16H18N4O6/c1-3-18(4-2)16(22)12(6-5-9-21)11-17-14-8-7-13(19(23)24)10-15(14)20(25)26/h5-11,17H,3-4H2,1-2H3/b6-5+,12-11-. The number of anilines is 1. The predicted octanol–water partition coefficient (Wildman–Crippen LogP) is 2.42. The molecule has 1 N–H and O–H groups in total. The number of amides is 1. The molecule has 0 radical (unpaired) electrons. The summed E-state index contributed by atoms with van der Waals surface area (Å²) in [6, 6.07) is 3.11. The third-order valence-corrected chi connectivity index (χ3v) is 3.42. The molecule has 0 fully saturated rings. The van der Waals surface area contributed by atoms with Gasteiger partial charge in [0.1, 0.15) is 12.0 Å². The second-order valence-corrected chi connectivity index (χ2v) is 4.93. The molecule has 1 aromatic rings. The fourth-order valence-corrected chi connectivity index (χ4v) is 2.08. The van der Waals surface area contributed by atoms with Gasteiger partial charge in [0.05, 0.1) is 21.5 Å². The molecular formula is C16H18N4O6. The number of nitrogens with zero attached hydrogens (tertiary/aromatic N) is 3. The number of nitro groups is 2. The Hall–Kier alpha value is -3.56. The Morgan fingerprint density at radius 3 is 2.35 bits per heavy atom. The Balaban J connectivity index is 3.25. The van der Waals surface area contributed by atoms with Crippen molar-refractivity contribution in [2.75, 3.05) is 18.4 Å². The van der Waals surface area contributed by atoms with Gasteiger partial charge in [0.2, 0.25) is 0 Å². The summed E-state index contributed by atoms with van der Waals surface area (Å²) in [7, 11) is 0. The molecular weight excluding hydrogens is 344 g/mol. The van der Waals surface area contributed by atoms with Gasteiger partial charge >= 0.3 is 0 Å². The van der Waals surface area contributed by atoms with Crippen molar-refractivity contribution in [1.82, 2.24) is 4.90 Å². The van der Waals surface area contributed by atoms with E-state index >= 15 is 0 Å². The molecule has 10 heteroatoms. The summed E-state index contributed by atoms with van der Waals surface area (Å²) in [5, 5.41) is 24.5. The van der Waals surface area contributed by atoms with Gasteiger partial charge in [-0.2, -0.15) is 0 Å². The fourth-order valence-electron chi connectivity index (χ4n) is 2.08. The zero-order chi connectivity index (χ0) is 19.7. The molecule has 1 aromatic carbocycles. The monoisotopic (exact) mass is 362 g/mol. The van der Waals surface area contributed by atoms with E-state index in [0.29, 0.717) is 19.4 Å². The number of aldehydes is 1. The summed E-state index contributed by atoms with van der Waals surface area (Å²) < 4.78 is 0. The summed E-state index contributed by atoms with van der Waals surface area (Å²) in [6.07, 6.45) is 4.11. The fraction of sp³-hybridized carbons (Fsp3) is 0.250. The first-order chi connectivity index (χ1) is 12.3. The average Bonchev–Trinajstić information content (AvgIpc) is 2.62. The minimum atomic E-state index is -0.768. The second-order valence-electron chi connectivity index (χ2n) is 4.93. The Morgan fingerprint density at radius 1 is 1.19 bits per heavy atom. The maximum absolute atomic E-state index is 12.4. The predicted molar refractivity (Wildman–Crippen MR) is 94.6 cm³/mol. The molecule has 0 aromatic heterocycles. The van der Waals surface area contributed by atoms with Gasteiger partial charge in [-0.15, -0.1) is 0 Å². The molecule has 0 saturated carbocycles. The van der Waals surface area contributed by atoms with E-state index in [4.69, 9.17) is 0 Å². The van der Waals surface area contributed by atoms with Gasteiger partial charge in [0.25, 0.3) is 17.3 Å². The van der Waals surface area contributed by atoms with Gasteiger partial charge in [-0.3, -0.25) is 29.8 Å². The molecule has 0 aliphatic rings. The number of likely N-dealkylation sites (N-methyl/N-ethyl adjacent to an activating group) is 1. The highest BCUT2D eigenvalue weighted by atomic mass is 16.6. The first-order valence-corrected chi connectivity index (χ1v) is 7.66. The van der Waals surface area contributed by atoms with Gasteiger partial charge < -0.3 is 10.2 Å². The number of non-ortho nitro benzene ring substituents is 1. The number of carbonyl (C=O) groups excluding carboxylic acids is 2. The van der Waals surface area contributed by atoms with Crippen molar-refractivity contribution in [2.45, 2.75) is 13.8 Å². The highest BCUT2D eigenvalue weighted by Crippen LogP contribution is 2.29. The Labute approximate surface area is 149 Å². The molecule has 0 aliphatic heterocycles. The lowest BCUT2D eigenvalue weighted by Gasteiger charge is -2.19. The summed E-state index contributed by atoms with van der Waals surface area (Å²) in [5.74, 6) is -0.370. The SMILES string of the molecule is CCN(CC)C(=O)C(=C\Nc1ccc([N+](=O)[O-])cc1[N+](=O)[O-])/C=C/C=O. The lowest BCUT2D eigenvalue weighted by Crippen LogP contribution is -2.31. The molecule has 1 rings (SSSR count). The van der Waals surface area contributed by atoms with Crippen LogP contribution in [0, 0.1) is 20.2 Å². The third-order valence-electron chi connectivity index (χ3n) is 3.42. The zero-order valence-corrected chi connectivity index (χ0v) is 14.2. The highest BCUT2D eigenvalue weighted by molar-refractivity contribution is 5.97. The molecule has 0 bridgehead atoms. The van der Waals surface area contributed by atoms with Gasteiger partial charge in [0, 0.05) is 25.4 Å². The topological polar surface area (TPSA) is 136 Å². The third kappa shape index (κ3) is 5.23. The Morgan fingerprint density at radius 2 is 1.85 bits per heavy atom. The van der Waals surface area contributed by atoms with Crippen molar-refractivity contribution >= 4 is 29.3 Å². The molecule has 10 nitrogen and oxygen atoms in total. The van der Waals surface area contributed by atoms with Crippen LogP contribution in [0.25, 0.3) is 0 Å². The number of carbonyl (C=O) groups is 2. The number of benzene rings is 1. The number of hydrogen-bond donors (Lipinski definition) is 1. The van der Waals surface area contributed by atoms with Crippen LogP contribution in [0.5, 0.6) is 0 Å². The van der Waals surface area contributed by atoms with E-state index in [9.17, 15) is 29.8 Å². The van der Waals surface area contributed by atoms with Crippen molar-refractivity contribution < 1.29 is 19.4 Å². The smallest absolute Gasteiger partial charge is 0.299 e. The zero-order valence-electron chi connectivity index (χ0n) is 14.2. The summed E-state index contributed by atoms with van der Waals surface area (Å²) >= 11 is 0. The van der Waals surface area contributed by atoms with Crippen LogP contribution in [0.2, 0.25) is 0 Å². The summed E-state index contributed by atoms with van der Waals surface area (Å²) in [4.78, 5) is 44.9. The van der Waals surface area contributed by atoms with E-state index in [1.54, 1.807) is 13.8 Å². The molecule has 26 heavy (non-hydrogen) atoms. The number of hydrogen-bond acceptors (Lipinski definition) is 7. The van der Waals surface area contributed by atoms with E-state index < -0.39 is 21.2 Å². The van der Waals surface area contributed by atoms with Crippen molar-refractivity contribution in [1.29, 1.82) is 0 Å². The maximum Gasteiger partial charge on any atom is 0.299 e. The van der Waals surface area contributed by atoms with Gasteiger partial charge in [-0.1, -0.05) is 0 Å². The molecule has 0 heterocycles. The highest BCUT2D eigenvalue weighted by Gasteiger charge is 2.19. The van der Waals surface area contributed by atoms with E-state index in [1.807, 2.05) is 0 Å². The second kappa shape index (κ2) is 9.67. The van der Waals surface area contributed by atoms with Crippen molar-refractivity contribution in [3.63, 3.8) is 0 Å². The number of nitro benzene ring substituents is 2. The van der Waals surface area contributed by atoms with Gasteiger partial charge in [0.15, 0.2) is 0 Å². The first-order valence-electron chi connectivity index (χ1n) is 7.66. The van der Waals surface area contributed by atoms with E-state index in [-0.39, 0.29) is 17.2 Å². The van der Waals surface area contributed by atoms with Crippen LogP contribution in [0.4, 0.5) is 17.1 Å². The van der Waals surface area contributed by atoms with Crippen LogP contribution < -0.4 is 5.32 Å².